The van der Waals surface area contributed by atoms with E-state index in [0.29, 0.717) is 5.89 Å². The van der Waals surface area contributed by atoms with Crippen LogP contribution in [0.5, 0.6) is 11.5 Å². The lowest BCUT2D eigenvalue weighted by molar-refractivity contribution is -0.385. The number of methoxy groups -OCH3 is 2. The molecule has 0 saturated carbocycles. The highest BCUT2D eigenvalue weighted by atomic mass is 16.6. The second-order valence-electron chi connectivity index (χ2n) is 4.27. The molecular weight excluding hydrogens is 310 g/mol. The maximum absolute atomic E-state index is 12.1. The number of nitro benzene ring substituents is 1. The van der Waals surface area contributed by atoms with Crippen LogP contribution in [0.25, 0.3) is 0 Å². The Kier molecular flexibility index (Phi) is 4.74. The third-order valence-corrected chi connectivity index (χ3v) is 2.81. The number of esters is 1. The van der Waals surface area contributed by atoms with E-state index in [1.807, 2.05) is 0 Å². The summed E-state index contributed by atoms with van der Waals surface area (Å²) >= 11 is 0. The monoisotopic (exact) mass is 323 g/mol. The quantitative estimate of drug-likeness (QED) is 0.443. The Hall–Kier alpha value is -3.17. The van der Waals surface area contributed by atoms with Crippen molar-refractivity contribution in [3.63, 3.8) is 0 Å². The molecule has 0 fully saturated rings. The number of aryl methyl sites for hydroxylation is 1. The van der Waals surface area contributed by atoms with Crippen LogP contribution in [0.15, 0.2) is 16.5 Å². The molecule has 0 N–H and O–H groups in total. The molecule has 0 aliphatic rings. The molecule has 0 bridgehead atoms. The molecular formula is C13H13N3O7. The largest absolute Gasteiger partial charge is 0.493 e. The van der Waals surface area contributed by atoms with Gasteiger partial charge in [-0.2, -0.15) is 0 Å². The van der Waals surface area contributed by atoms with E-state index in [-0.39, 0.29) is 29.6 Å². The van der Waals surface area contributed by atoms with E-state index < -0.39 is 16.6 Å². The number of nitrogens with zero attached hydrogens (tertiary/aromatic N) is 3. The Morgan fingerprint density at radius 3 is 2.43 bits per heavy atom. The number of carbonyl (C=O) groups is 1. The molecule has 0 radical (unpaired) electrons. The topological polar surface area (TPSA) is 127 Å². The van der Waals surface area contributed by atoms with Gasteiger partial charge in [-0.1, -0.05) is 0 Å². The van der Waals surface area contributed by atoms with Gasteiger partial charge in [0.1, 0.15) is 5.56 Å². The van der Waals surface area contributed by atoms with Crippen molar-refractivity contribution in [2.24, 2.45) is 0 Å². The number of rotatable bonds is 6. The molecule has 10 nitrogen and oxygen atoms in total. The minimum Gasteiger partial charge on any atom is -0.493 e. The summed E-state index contributed by atoms with van der Waals surface area (Å²) < 4.78 is 20.0. The second kappa shape index (κ2) is 6.73. The predicted octanol–water partition coefficient (Wildman–Crippen LogP) is 1.66. The molecule has 0 saturated heterocycles. The fourth-order valence-corrected chi connectivity index (χ4v) is 1.78. The number of aromatic nitrogens is 2. The fraction of sp³-hybridized carbons (Fsp3) is 0.308. The molecule has 1 aromatic heterocycles. The minimum absolute atomic E-state index is 0.0824. The van der Waals surface area contributed by atoms with Crippen molar-refractivity contribution in [1.29, 1.82) is 0 Å². The first-order valence-electron chi connectivity index (χ1n) is 6.32. The number of carbonyl (C=O) groups excluding carboxylic acids is 1. The Morgan fingerprint density at radius 2 is 1.91 bits per heavy atom. The Morgan fingerprint density at radius 1 is 1.26 bits per heavy atom. The number of nitro groups is 1. The summed E-state index contributed by atoms with van der Waals surface area (Å²) in [5.74, 6) is -0.234. The summed E-state index contributed by atoms with van der Waals surface area (Å²) in [5.41, 5.74) is -0.738. The van der Waals surface area contributed by atoms with Crippen LogP contribution in [0.4, 0.5) is 5.69 Å². The van der Waals surface area contributed by atoms with Crippen LogP contribution in [0.1, 0.15) is 22.1 Å². The third kappa shape index (κ3) is 3.54. The van der Waals surface area contributed by atoms with Gasteiger partial charge in [0.2, 0.25) is 5.89 Å². The van der Waals surface area contributed by atoms with Gasteiger partial charge in [0.05, 0.1) is 25.2 Å². The fourth-order valence-electron chi connectivity index (χ4n) is 1.78. The Labute approximate surface area is 130 Å². The normalized spacial score (nSPS) is 10.2. The standard InChI is InChI=1S/C13H13N3O7/c1-7-14-15-12(23-7)6-22-13(17)8-4-10(20-2)11(21-3)5-9(8)16(18)19/h4-5H,6H2,1-3H3. The molecule has 1 heterocycles. The molecule has 0 aliphatic heterocycles. The van der Waals surface area contributed by atoms with Crippen LogP contribution in [-0.4, -0.2) is 35.3 Å². The molecule has 2 rings (SSSR count). The lowest BCUT2D eigenvalue weighted by Crippen LogP contribution is -2.09. The molecule has 0 spiro atoms. The van der Waals surface area contributed by atoms with Crippen LogP contribution in [0.2, 0.25) is 0 Å². The van der Waals surface area contributed by atoms with Gasteiger partial charge >= 0.3 is 5.97 Å². The van der Waals surface area contributed by atoms with Crippen molar-refractivity contribution >= 4 is 11.7 Å². The molecule has 0 unspecified atom stereocenters. The summed E-state index contributed by atoms with van der Waals surface area (Å²) in [6.07, 6.45) is 0. The number of hydrogen-bond donors (Lipinski definition) is 0. The Balaban J connectivity index is 2.28. The summed E-state index contributed by atoms with van der Waals surface area (Å²) in [6.45, 7) is 1.28. The first-order chi connectivity index (χ1) is 11.0. The third-order valence-electron chi connectivity index (χ3n) is 2.81. The SMILES string of the molecule is COc1cc(C(=O)OCc2nnc(C)o2)c([N+](=O)[O-])cc1OC. The average Bonchev–Trinajstić information content (AvgIpc) is 2.96. The van der Waals surface area contributed by atoms with Gasteiger partial charge in [0, 0.05) is 13.0 Å². The summed E-state index contributed by atoms with van der Waals surface area (Å²) in [5, 5.41) is 18.4. The molecule has 122 valence electrons. The van der Waals surface area contributed by atoms with E-state index in [9.17, 15) is 14.9 Å². The molecule has 2 aromatic rings. The first-order valence-corrected chi connectivity index (χ1v) is 6.32. The lowest BCUT2D eigenvalue weighted by atomic mass is 10.1. The highest BCUT2D eigenvalue weighted by Crippen LogP contribution is 2.34. The number of ether oxygens (including phenoxy) is 3. The van der Waals surface area contributed by atoms with Crippen molar-refractivity contribution in [2.75, 3.05) is 14.2 Å². The molecule has 23 heavy (non-hydrogen) atoms. The van der Waals surface area contributed by atoms with Gasteiger partial charge in [-0.05, 0) is 0 Å². The second-order valence-corrected chi connectivity index (χ2v) is 4.27. The van der Waals surface area contributed by atoms with Crippen LogP contribution < -0.4 is 9.47 Å². The van der Waals surface area contributed by atoms with Crippen molar-refractivity contribution in [2.45, 2.75) is 13.5 Å². The Bertz CT molecular complexity index is 741. The molecule has 0 aliphatic carbocycles. The van der Waals surface area contributed by atoms with E-state index in [2.05, 4.69) is 10.2 Å². The van der Waals surface area contributed by atoms with Crippen LogP contribution in [0.3, 0.4) is 0 Å². The van der Waals surface area contributed by atoms with E-state index in [1.54, 1.807) is 6.92 Å². The van der Waals surface area contributed by atoms with E-state index in [0.717, 1.165) is 6.07 Å². The van der Waals surface area contributed by atoms with E-state index in [4.69, 9.17) is 18.6 Å². The van der Waals surface area contributed by atoms with Gasteiger partial charge < -0.3 is 18.6 Å². The summed E-state index contributed by atoms with van der Waals surface area (Å²) in [4.78, 5) is 22.5. The van der Waals surface area contributed by atoms with Gasteiger partial charge in [0.25, 0.3) is 11.6 Å². The molecule has 0 amide bonds. The van der Waals surface area contributed by atoms with Crippen LogP contribution in [0, 0.1) is 17.0 Å². The molecule has 1 aromatic carbocycles. The van der Waals surface area contributed by atoms with E-state index >= 15 is 0 Å². The molecule has 0 atom stereocenters. The lowest BCUT2D eigenvalue weighted by Gasteiger charge is -2.10. The smallest absolute Gasteiger partial charge is 0.345 e. The zero-order valence-electron chi connectivity index (χ0n) is 12.6. The van der Waals surface area contributed by atoms with Gasteiger partial charge in [-0.15, -0.1) is 10.2 Å². The first kappa shape index (κ1) is 16.2. The van der Waals surface area contributed by atoms with Crippen molar-refractivity contribution in [3.05, 3.63) is 39.6 Å². The van der Waals surface area contributed by atoms with Crippen LogP contribution >= 0.6 is 0 Å². The summed E-state index contributed by atoms with van der Waals surface area (Å²) in [7, 11) is 2.68. The van der Waals surface area contributed by atoms with Crippen LogP contribution in [-0.2, 0) is 11.3 Å². The molecule has 10 heteroatoms. The van der Waals surface area contributed by atoms with Gasteiger partial charge in [0.15, 0.2) is 18.1 Å². The highest BCUT2D eigenvalue weighted by Gasteiger charge is 2.26. The van der Waals surface area contributed by atoms with E-state index in [1.165, 1.54) is 20.3 Å². The zero-order valence-corrected chi connectivity index (χ0v) is 12.6. The number of benzene rings is 1. The average molecular weight is 323 g/mol. The summed E-state index contributed by atoms with van der Waals surface area (Å²) in [6, 6.07) is 2.27. The zero-order chi connectivity index (χ0) is 17.0. The predicted molar refractivity (Wildman–Crippen MR) is 74.4 cm³/mol. The van der Waals surface area contributed by atoms with Crippen molar-refractivity contribution < 1.29 is 28.3 Å². The highest BCUT2D eigenvalue weighted by molar-refractivity contribution is 5.95. The van der Waals surface area contributed by atoms with Gasteiger partial charge in [-0.25, -0.2) is 4.79 Å². The maximum atomic E-state index is 12.1. The van der Waals surface area contributed by atoms with Crippen molar-refractivity contribution in [3.8, 4) is 11.5 Å². The maximum Gasteiger partial charge on any atom is 0.345 e. The number of hydrogen-bond acceptors (Lipinski definition) is 9. The van der Waals surface area contributed by atoms with Crippen molar-refractivity contribution in [1.82, 2.24) is 10.2 Å². The van der Waals surface area contributed by atoms with Gasteiger partial charge in [-0.3, -0.25) is 10.1 Å². The minimum atomic E-state index is -0.923.